The van der Waals surface area contributed by atoms with Crippen molar-refractivity contribution < 1.29 is 9.13 Å². The van der Waals surface area contributed by atoms with Gasteiger partial charge in [-0.2, -0.15) is 0 Å². The molecule has 0 bridgehead atoms. The molecule has 0 fully saturated rings. The molecule has 184 valence electrons. The van der Waals surface area contributed by atoms with E-state index in [0.29, 0.717) is 23.7 Å². The number of nitrogens with zero attached hydrogens (tertiary/aromatic N) is 2. The molecule has 1 aromatic heterocycles. The van der Waals surface area contributed by atoms with Crippen molar-refractivity contribution >= 4 is 0 Å². The second-order valence-electron chi connectivity index (χ2n) is 9.50. The van der Waals surface area contributed by atoms with Crippen molar-refractivity contribution in [1.82, 2.24) is 9.97 Å². The summed E-state index contributed by atoms with van der Waals surface area (Å²) in [7, 11) is 0. The molecule has 4 heteroatoms. The minimum atomic E-state index is -0.346. The van der Waals surface area contributed by atoms with Gasteiger partial charge in [0.1, 0.15) is 0 Å². The van der Waals surface area contributed by atoms with E-state index in [1.165, 1.54) is 76.7 Å². The van der Waals surface area contributed by atoms with Crippen LogP contribution in [0.2, 0.25) is 0 Å². The molecule has 0 aliphatic heterocycles. The van der Waals surface area contributed by atoms with Gasteiger partial charge in [0.15, 0.2) is 17.4 Å². The highest BCUT2D eigenvalue weighted by Gasteiger charge is 2.09. The third kappa shape index (κ3) is 11.1. The molecule has 2 rings (SSSR count). The predicted molar refractivity (Wildman–Crippen MR) is 137 cm³/mol. The Morgan fingerprint density at radius 1 is 0.848 bits per heavy atom. The number of halogens is 1. The van der Waals surface area contributed by atoms with Gasteiger partial charge in [0.05, 0.1) is 6.61 Å². The average molecular weight is 457 g/mol. The minimum Gasteiger partial charge on any atom is -0.491 e. The Bertz CT molecular complexity index is 763. The third-order valence-electron chi connectivity index (χ3n) is 6.51. The third-order valence-corrected chi connectivity index (χ3v) is 6.51. The standard InChI is InChI=1S/C29H45FN2O/c1-4-6-7-8-11-14-17-25-22-31-29(32-23-25)26-18-19-28(27(30)21-26)33-20-15-12-9-10-13-16-24(3)5-2/h18-19,21-24H,4-17,20H2,1-3H3. The van der Waals surface area contributed by atoms with Crippen LogP contribution in [-0.2, 0) is 6.42 Å². The predicted octanol–water partition coefficient (Wildman–Crippen LogP) is 8.95. The first-order valence-corrected chi connectivity index (χ1v) is 13.4. The lowest BCUT2D eigenvalue weighted by Gasteiger charge is -2.09. The lowest BCUT2D eigenvalue weighted by Crippen LogP contribution is -2.00. The molecular formula is C29H45FN2O. The molecule has 33 heavy (non-hydrogen) atoms. The minimum absolute atomic E-state index is 0.315. The Hall–Kier alpha value is -1.97. The van der Waals surface area contributed by atoms with Crippen molar-refractivity contribution in [1.29, 1.82) is 0 Å². The van der Waals surface area contributed by atoms with Gasteiger partial charge in [0.2, 0.25) is 0 Å². The zero-order valence-corrected chi connectivity index (χ0v) is 21.3. The van der Waals surface area contributed by atoms with Gasteiger partial charge in [-0.1, -0.05) is 91.4 Å². The Balaban J connectivity index is 1.68. The number of hydrogen-bond donors (Lipinski definition) is 0. The van der Waals surface area contributed by atoms with Crippen molar-refractivity contribution in [3.63, 3.8) is 0 Å². The molecule has 0 aliphatic carbocycles. The van der Waals surface area contributed by atoms with Gasteiger partial charge >= 0.3 is 0 Å². The largest absolute Gasteiger partial charge is 0.491 e. The highest BCUT2D eigenvalue weighted by atomic mass is 19.1. The molecule has 1 unspecified atom stereocenters. The molecule has 0 N–H and O–H groups in total. The molecule has 2 aromatic rings. The number of rotatable bonds is 18. The molecule has 1 aromatic carbocycles. The maximum absolute atomic E-state index is 14.5. The Kier molecular flexibility index (Phi) is 13.7. The lowest BCUT2D eigenvalue weighted by atomic mass is 10.0. The van der Waals surface area contributed by atoms with E-state index in [1.54, 1.807) is 6.07 Å². The normalized spacial score (nSPS) is 12.1. The fourth-order valence-corrected chi connectivity index (χ4v) is 4.01. The van der Waals surface area contributed by atoms with Crippen molar-refractivity contribution in [2.45, 2.75) is 111 Å². The van der Waals surface area contributed by atoms with Crippen LogP contribution in [0.5, 0.6) is 5.75 Å². The number of hydrogen-bond acceptors (Lipinski definition) is 3. The summed E-state index contributed by atoms with van der Waals surface area (Å²) in [6.45, 7) is 7.38. The van der Waals surface area contributed by atoms with Gasteiger partial charge in [-0.3, -0.25) is 0 Å². The molecule has 0 aliphatic rings. The number of aromatic nitrogens is 2. The fraction of sp³-hybridized carbons (Fsp3) is 0.655. The Morgan fingerprint density at radius 3 is 2.21 bits per heavy atom. The maximum atomic E-state index is 14.5. The van der Waals surface area contributed by atoms with Gasteiger partial charge in [-0.15, -0.1) is 0 Å². The van der Waals surface area contributed by atoms with Gasteiger partial charge in [0, 0.05) is 18.0 Å². The van der Waals surface area contributed by atoms with Crippen LogP contribution in [0.1, 0.15) is 110 Å². The van der Waals surface area contributed by atoms with E-state index >= 15 is 0 Å². The molecule has 1 atom stereocenters. The second-order valence-corrected chi connectivity index (χ2v) is 9.50. The molecule has 0 amide bonds. The monoisotopic (exact) mass is 456 g/mol. The van der Waals surface area contributed by atoms with Gasteiger partial charge in [-0.25, -0.2) is 14.4 Å². The molecule has 1 heterocycles. The number of aryl methyl sites for hydroxylation is 1. The zero-order chi connectivity index (χ0) is 23.7. The topological polar surface area (TPSA) is 35.0 Å². The first kappa shape index (κ1) is 27.3. The summed E-state index contributed by atoms with van der Waals surface area (Å²) in [5, 5.41) is 0. The van der Waals surface area contributed by atoms with E-state index in [9.17, 15) is 4.39 Å². The summed E-state index contributed by atoms with van der Waals surface area (Å²) in [6, 6.07) is 5.02. The van der Waals surface area contributed by atoms with Crippen molar-refractivity contribution in [3.8, 4) is 17.1 Å². The van der Waals surface area contributed by atoms with E-state index in [2.05, 4.69) is 30.7 Å². The van der Waals surface area contributed by atoms with Gasteiger partial charge in [-0.05, 0) is 48.9 Å². The van der Waals surface area contributed by atoms with E-state index in [-0.39, 0.29) is 5.82 Å². The summed E-state index contributed by atoms with van der Waals surface area (Å²) in [4.78, 5) is 8.91. The summed E-state index contributed by atoms with van der Waals surface area (Å²) < 4.78 is 20.2. The van der Waals surface area contributed by atoms with E-state index in [0.717, 1.165) is 30.7 Å². The van der Waals surface area contributed by atoms with E-state index in [4.69, 9.17) is 4.74 Å². The highest BCUT2D eigenvalue weighted by Crippen LogP contribution is 2.24. The van der Waals surface area contributed by atoms with Crippen LogP contribution in [-0.4, -0.2) is 16.6 Å². The van der Waals surface area contributed by atoms with Crippen molar-refractivity contribution in [2.75, 3.05) is 6.61 Å². The Labute approximate surface area is 201 Å². The molecular weight excluding hydrogens is 411 g/mol. The van der Waals surface area contributed by atoms with Crippen LogP contribution >= 0.6 is 0 Å². The summed E-state index contributed by atoms with van der Waals surface area (Å²) in [6.07, 6.45) is 21.0. The zero-order valence-electron chi connectivity index (χ0n) is 21.3. The number of benzene rings is 1. The van der Waals surface area contributed by atoms with Gasteiger partial charge in [0.25, 0.3) is 0 Å². The SMILES string of the molecule is CCCCCCCCc1cnc(-c2ccc(OCCCCCCCC(C)CC)c(F)c2)nc1. The van der Waals surface area contributed by atoms with Crippen LogP contribution in [0.3, 0.4) is 0 Å². The smallest absolute Gasteiger partial charge is 0.165 e. The molecule has 0 saturated carbocycles. The summed E-state index contributed by atoms with van der Waals surface area (Å²) in [5.41, 5.74) is 1.84. The van der Waals surface area contributed by atoms with Crippen LogP contribution < -0.4 is 4.74 Å². The van der Waals surface area contributed by atoms with Gasteiger partial charge < -0.3 is 4.74 Å². The van der Waals surface area contributed by atoms with E-state index in [1.807, 2.05) is 18.5 Å². The van der Waals surface area contributed by atoms with E-state index < -0.39 is 0 Å². The molecule has 0 spiro atoms. The first-order chi connectivity index (χ1) is 16.1. The van der Waals surface area contributed by atoms with Crippen LogP contribution in [0.25, 0.3) is 11.4 Å². The first-order valence-electron chi connectivity index (χ1n) is 13.4. The second kappa shape index (κ2) is 16.6. The highest BCUT2D eigenvalue weighted by molar-refractivity contribution is 5.56. The Morgan fingerprint density at radius 2 is 1.52 bits per heavy atom. The lowest BCUT2D eigenvalue weighted by molar-refractivity contribution is 0.289. The molecule has 0 saturated heterocycles. The summed E-state index contributed by atoms with van der Waals surface area (Å²) in [5.74, 6) is 1.37. The number of unbranched alkanes of at least 4 members (excludes halogenated alkanes) is 9. The molecule has 0 radical (unpaired) electrons. The number of ether oxygens (including phenoxy) is 1. The molecule has 3 nitrogen and oxygen atoms in total. The average Bonchev–Trinajstić information content (AvgIpc) is 2.84. The maximum Gasteiger partial charge on any atom is 0.165 e. The van der Waals surface area contributed by atoms with Crippen molar-refractivity contribution in [3.05, 3.63) is 42.0 Å². The summed E-state index contributed by atoms with van der Waals surface area (Å²) >= 11 is 0. The van der Waals surface area contributed by atoms with Crippen molar-refractivity contribution in [2.24, 2.45) is 5.92 Å². The quantitative estimate of drug-likeness (QED) is 0.210. The van der Waals surface area contributed by atoms with Crippen LogP contribution in [0.15, 0.2) is 30.6 Å². The fourth-order valence-electron chi connectivity index (χ4n) is 4.01. The van der Waals surface area contributed by atoms with Crippen LogP contribution in [0, 0.1) is 11.7 Å². The van der Waals surface area contributed by atoms with Crippen LogP contribution in [0.4, 0.5) is 4.39 Å².